The highest BCUT2D eigenvalue weighted by atomic mass is 79.9. The maximum atomic E-state index is 6.16. The Morgan fingerprint density at radius 1 is 1.56 bits per heavy atom. The van der Waals surface area contributed by atoms with Crippen molar-refractivity contribution in [2.45, 2.75) is 52.6 Å². The number of nitrogens with two attached hydrogens (primary N) is 1. The normalized spacial score (nSPS) is 22.9. The summed E-state index contributed by atoms with van der Waals surface area (Å²) in [5.41, 5.74) is 8.97. The summed E-state index contributed by atoms with van der Waals surface area (Å²) in [7, 11) is 0. The lowest BCUT2D eigenvalue weighted by Crippen LogP contribution is -2.31. The zero-order chi connectivity index (χ0) is 13.3. The van der Waals surface area contributed by atoms with Crippen molar-refractivity contribution < 1.29 is 0 Å². The Labute approximate surface area is 118 Å². The highest BCUT2D eigenvalue weighted by molar-refractivity contribution is 9.10. The molecule has 2 N–H and O–H groups in total. The van der Waals surface area contributed by atoms with E-state index in [-0.39, 0.29) is 11.5 Å². The summed E-state index contributed by atoms with van der Waals surface area (Å²) >= 11 is 3.62. The number of halogens is 1. The summed E-state index contributed by atoms with van der Waals surface area (Å²) in [6, 6.07) is 0.153. The van der Waals surface area contributed by atoms with Gasteiger partial charge in [-0.25, -0.2) is 0 Å². The summed E-state index contributed by atoms with van der Waals surface area (Å²) in [4.78, 5) is 0. The molecule has 0 fully saturated rings. The maximum Gasteiger partial charge on any atom is 0.0781 e. The number of hydrogen-bond donors (Lipinski definition) is 1. The van der Waals surface area contributed by atoms with Crippen LogP contribution in [0, 0.1) is 5.41 Å². The third-order valence-electron chi connectivity index (χ3n) is 3.41. The first kappa shape index (κ1) is 13.8. The van der Waals surface area contributed by atoms with Crippen molar-refractivity contribution in [3.05, 3.63) is 22.4 Å². The highest BCUT2D eigenvalue weighted by Gasteiger charge is 2.29. The van der Waals surface area contributed by atoms with E-state index in [0.29, 0.717) is 0 Å². The van der Waals surface area contributed by atoms with Gasteiger partial charge in [-0.15, -0.1) is 0 Å². The minimum absolute atomic E-state index is 0.153. The number of aryl methyl sites for hydroxylation is 1. The Kier molecular flexibility index (Phi) is 3.97. The minimum Gasteiger partial charge on any atom is -0.324 e. The fourth-order valence-corrected chi connectivity index (χ4v) is 3.38. The van der Waals surface area contributed by atoms with E-state index in [0.717, 1.165) is 30.3 Å². The molecule has 0 saturated heterocycles. The number of aromatic nitrogens is 2. The Morgan fingerprint density at radius 2 is 2.28 bits per heavy atom. The molecule has 100 valence electrons. The van der Waals surface area contributed by atoms with Gasteiger partial charge in [0.25, 0.3) is 0 Å². The molecule has 1 heterocycles. The molecule has 0 aromatic carbocycles. The fraction of sp³-hybridized carbons (Fsp3) is 0.643. The SMILES string of the molecule is CCCn1ncc(Br)c1C1=CC(N)CC(C)(C)C1. The number of hydrogen-bond acceptors (Lipinski definition) is 2. The molecular formula is C14H22BrN3. The van der Waals surface area contributed by atoms with Gasteiger partial charge in [0.05, 0.1) is 16.4 Å². The van der Waals surface area contributed by atoms with Crippen LogP contribution in [0.4, 0.5) is 0 Å². The van der Waals surface area contributed by atoms with Crippen LogP contribution in [0.25, 0.3) is 5.57 Å². The van der Waals surface area contributed by atoms with Crippen molar-refractivity contribution in [3.8, 4) is 0 Å². The summed E-state index contributed by atoms with van der Waals surface area (Å²) < 4.78 is 3.16. The van der Waals surface area contributed by atoms with Crippen LogP contribution in [0.1, 0.15) is 45.7 Å². The van der Waals surface area contributed by atoms with Gasteiger partial charge < -0.3 is 5.73 Å². The van der Waals surface area contributed by atoms with Gasteiger partial charge in [-0.3, -0.25) is 4.68 Å². The zero-order valence-electron chi connectivity index (χ0n) is 11.4. The molecule has 0 amide bonds. The molecule has 0 saturated carbocycles. The Balaban J connectivity index is 2.39. The van der Waals surface area contributed by atoms with Crippen LogP contribution in [0.2, 0.25) is 0 Å². The van der Waals surface area contributed by atoms with Crippen molar-refractivity contribution in [1.82, 2.24) is 9.78 Å². The largest absolute Gasteiger partial charge is 0.324 e. The van der Waals surface area contributed by atoms with Gasteiger partial charge in [0.15, 0.2) is 0 Å². The number of rotatable bonds is 3. The molecular weight excluding hydrogens is 290 g/mol. The van der Waals surface area contributed by atoms with Gasteiger partial charge in [0, 0.05) is 12.6 Å². The zero-order valence-corrected chi connectivity index (χ0v) is 13.0. The van der Waals surface area contributed by atoms with Gasteiger partial charge in [-0.2, -0.15) is 5.10 Å². The van der Waals surface area contributed by atoms with Crippen LogP contribution in [0.3, 0.4) is 0 Å². The van der Waals surface area contributed by atoms with E-state index in [1.807, 2.05) is 6.20 Å². The first-order valence-corrected chi connectivity index (χ1v) is 7.40. The molecule has 1 aliphatic carbocycles. The quantitative estimate of drug-likeness (QED) is 0.927. The van der Waals surface area contributed by atoms with Gasteiger partial charge in [0.1, 0.15) is 0 Å². The lowest BCUT2D eigenvalue weighted by molar-refractivity contribution is 0.317. The average Bonchev–Trinajstić information content (AvgIpc) is 2.57. The standard InChI is InChI=1S/C14H22BrN3/c1-4-5-18-13(12(15)9-17-18)10-6-11(16)8-14(2,3)7-10/h6,9,11H,4-5,7-8,16H2,1-3H3. The van der Waals surface area contributed by atoms with Crippen LogP contribution in [0.15, 0.2) is 16.7 Å². The Bertz CT molecular complexity index is 460. The van der Waals surface area contributed by atoms with Crippen molar-refractivity contribution in [3.63, 3.8) is 0 Å². The summed E-state index contributed by atoms with van der Waals surface area (Å²) in [6.07, 6.45) is 7.30. The lowest BCUT2D eigenvalue weighted by atomic mass is 9.75. The van der Waals surface area contributed by atoms with Gasteiger partial charge in [-0.1, -0.05) is 26.8 Å². The van der Waals surface area contributed by atoms with E-state index < -0.39 is 0 Å². The topological polar surface area (TPSA) is 43.8 Å². The third-order valence-corrected chi connectivity index (χ3v) is 3.99. The van der Waals surface area contributed by atoms with Gasteiger partial charge >= 0.3 is 0 Å². The lowest BCUT2D eigenvalue weighted by Gasteiger charge is -2.33. The van der Waals surface area contributed by atoms with Crippen LogP contribution in [-0.4, -0.2) is 15.8 Å². The molecule has 1 atom stereocenters. The molecule has 1 aromatic rings. The fourth-order valence-electron chi connectivity index (χ4n) is 2.83. The van der Waals surface area contributed by atoms with Crippen molar-refractivity contribution in [2.24, 2.45) is 11.1 Å². The molecule has 0 aliphatic heterocycles. The first-order chi connectivity index (χ1) is 8.43. The van der Waals surface area contributed by atoms with E-state index in [4.69, 9.17) is 5.73 Å². The van der Waals surface area contributed by atoms with E-state index >= 15 is 0 Å². The minimum atomic E-state index is 0.153. The van der Waals surface area contributed by atoms with Gasteiger partial charge in [-0.05, 0) is 46.2 Å². The van der Waals surface area contributed by atoms with Gasteiger partial charge in [0.2, 0.25) is 0 Å². The molecule has 1 aliphatic rings. The maximum absolute atomic E-state index is 6.16. The molecule has 2 rings (SSSR count). The second-order valence-corrected chi connectivity index (χ2v) is 6.82. The third kappa shape index (κ3) is 2.86. The second-order valence-electron chi connectivity index (χ2n) is 5.97. The second kappa shape index (κ2) is 5.17. The molecule has 0 bridgehead atoms. The predicted molar refractivity (Wildman–Crippen MR) is 79.2 cm³/mol. The number of nitrogens with zero attached hydrogens (tertiary/aromatic N) is 2. The van der Waals surface area contributed by atoms with Crippen LogP contribution >= 0.6 is 15.9 Å². The predicted octanol–water partition coefficient (Wildman–Crippen LogP) is 3.59. The van der Waals surface area contributed by atoms with E-state index in [1.54, 1.807) is 0 Å². The monoisotopic (exact) mass is 311 g/mol. The van der Waals surface area contributed by atoms with Crippen LogP contribution < -0.4 is 5.73 Å². The molecule has 0 radical (unpaired) electrons. The van der Waals surface area contributed by atoms with Crippen molar-refractivity contribution in [1.29, 1.82) is 0 Å². The molecule has 1 unspecified atom stereocenters. The Hall–Kier alpha value is -0.610. The molecule has 18 heavy (non-hydrogen) atoms. The molecule has 1 aromatic heterocycles. The van der Waals surface area contributed by atoms with E-state index in [1.165, 1.54) is 11.3 Å². The molecule has 3 nitrogen and oxygen atoms in total. The van der Waals surface area contributed by atoms with E-state index in [9.17, 15) is 0 Å². The van der Waals surface area contributed by atoms with Crippen LogP contribution in [0.5, 0.6) is 0 Å². The highest BCUT2D eigenvalue weighted by Crippen LogP contribution is 2.40. The summed E-state index contributed by atoms with van der Waals surface area (Å²) in [6.45, 7) is 7.70. The summed E-state index contributed by atoms with van der Waals surface area (Å²) in [5.74, 6) is 0. The Morgan fingerprint density at radius 3 is 2.89 bits per heavy atom. The number of allylic oxidation sites excluding steroid dienone is 1. The average molecular weight is 312 g/mol. The summed E-state index contributed by atoms with van der Waals surface area (Å²) in [5, 5.41) is 4.44. The van der Waals surface area contributed by atoms with E-state index in [2.05, 4.69) is 52.6 Å². The smallest absolute Gasteiger partial charge is 0.0781 e. The van der Waals surface area contributed by atoms with Crippen molar-refractivity contribution >= 4 is 21.5 Å². The van der Waals surface area contributed by atoms with Crippen molar-refractivity contribution in [2.75, 3.05) is 0 Å². The van der Waals surface area contributed by atoms with Crippen LogP contribution in [-0.2, 0) is 6.54 Å². The first-order valence-electron chi connectivity index (χ1n) is 6.61. The molecule has 0 spiro atoms. The molecule has 4 heteroatoms.